The predicted molar refractivity (Wildman–Crippen MR) is 99.1 cm³/mol. The van der Waals surface area contributed by atoms with Gasteiger partial charge in [-0.1, -0.05) is 11.6 Å². The number of likely N-dealkylation sites (N-methyl/N-ethyl adjacent to an activating group) is 1. The minimum absolute atomic E-state index is 0.0249. The quantitative estimate of drug-likeness (QED) is 0.804. The summed E-state index contributed by atoms with van der Waals surface area (Å²) in [6.07, 6.45) is 1.17. The summed E-state index contributed by atoms with van der Waals surface area (Å²) in [4.78, 5) is 14.2. The number of hydrogen-bond donors (Lipinski definition) is 2. The Morgan fingerprint density at radius 3 is 2.93 bits per heavy atom. The zero-order valence-corrected chi connectivity index (χ0v) is 15.8. The van der Waals surface area contributed by atoms with Crippen LogP contribution in [0.2, 0.25) is 0 Å². The second-order valence-electron chi connectivity index (χ2n) is 7.26. The minimum atomic E-state index is -0.0781. The number of benzene rings is 2. The van der Waals surface area contributed by atoms with Crippen LogP contribution in [0.4, 0.5) is 0 Å². The highest BCUT2D eigenvalue weighted by Crippen LogP contribution is 2.48. The highest BCUT2D eigenvalue weighted by Gasteiger charge is 2.37. The van der Waals surface area contributed by atoms with E-state index in [1.54, 1.807) is 25.3 Å². The number of carbonyl (C=O) groups is 1. The first-order valence-corrected chi connectivity index (χ1v) is 9.14. The molecule has 2 aliphatic heterocycles. The first-order valence-electron chi connectivity index (χ1n) is 9.14. The van der Waals surface area contributed by atoms with E-state index in [4.69, 9.17) is 14.2 Å². The van der Waals surface area contributed by atoms with Crippen LogP contribution >= 0.6 is 0 Å². The molecule has 6 heteroatoms. The van der Waals surface area contributed by atoms with Gasteiger partial charge in [0.15, 0.2) is 17.3 Å². The number of aryl methyl sites for hydroxylation is 1. The van der Waals surface area contributed by atoms with Gasteiger partial charge in [-0.3, -0.25) is 4.79 Å². The van der Waals surface area contributed by atoms with E-state index >= 15 is 0 Å². The zero-order valence-electron chi connectivity index (χ0n) is 15.8. The second kappa shape index (κ2) is 6.78. The molecular formula is C21H24NO5+. The van der Waals surface area contributed by atoms with Crippen molar-refractivity contribution in [2.45, 2.75) is 25.8 Å². The minimum Gasteiger partial charge on any atom is -0.507 e. The fraction of sp³-hybridized carbons (Fsp3) is 0.381. The molecule has 6 nitrogen and oxygen atoms in total. The lowest BCUT2D eigenvalue weighted by Crippen LogP contribution is -3.10. The van der Waals surface area contributed by atoms with Gasteiger partial charge < -0.3 is 24.2 Å². The zero-order chi connectivity index (χ0) is 19.1. The number of nitrogens with one attached hydrogen (secondary N) is 1. The molecule has 0 fully saturated rings. The summed E-state index contributed by atoms with van der Waals surface area (Å²) in [5, 5.41) is 10.1. The van der Waals surface area contributed by atoms with E-state index < -0.39 is 0 Å². The summed E-state index contributed by atoms with van der Waals surface area (Å²) < 4.78 is 16.8. The first-order chi connectivity index (χ1) is 13.0. The molecule has 27 heavy (non-hydrogen) atoms. The second-order valence-corrected chi connectivity index (χ2v) is 7.26. The van der Waals surface area contributed by atoms with E-state index in [0.29, 0.717) is 22.8 Å². The monoisotopic (exact) mass is 370 g/mol. The maximum atomic E-state index is 13.0. The van der Waals surface area contributed by atoms with Crippen molar-refractivity contribution in [3.8, 4) is 23.0 Å². The number of ether oxygens (including phenoxy) is 3. The first kappa shape index (κ1) is 17.7. The van der Waals surface area contributed by atoms with Gasteiger partial charge in [0.2, 0.25) is 12.5 Å². The van der Waals surface area contributed by atoms with Crippen molar-refractivity contribution in [2.24, 2.45) is 0 Å². The van der Waals surface area contributed by atoms with Crippen LogP contribution in [-0.4, -0.2) is 38.4 Å². The lowest BCUT2D eigenvalue weighted by atomic mass is 9.87. The average molecular weight is 370 g/mol. The molecule has 0 radical (unpaired) electrons. The van der Waals surface area contributed by atoms with Gasteiger partial charge in [0.05, 0.1) is 38.2 Å². The third kappa shape index (κ3) is 3.00. The number of hydrogen-bond acceptors (Lipinski definition) is 5. The number of rotatable bonds is 4. The van der Waals surface area contributed by atoms with Gasteiger partial charge in [-0.15, -0.1) is 0 Å². The third-order valence-corrected chi connectivity index (χ3v) is 5.52. The molecule has 0 saturated carbocycles. The Morgan fingerprint density at radius 1 is 1.33 bits per heavy atom. The van der Waals surface area contributed by atoms with Crippen molar-refractivity contribution >= 4 is 5.78 Å². The molecule has 2 aromatic rings. The molecule has 0 bridgehead atoms. The Kier molecular flexibility index (Phi) is 4.44. The highest BCUT2D eigenvalue weighted by molar-refractivity contribution is 5.99. The fourth-order valence-electron chi connectivity index (χ4n) is 4.07. The molecule has 2 aliphatic rings. The van der Waals surface area contributed by atoms with Crippen molar-refractivity contribution in [2.75, 3.05) is 27.5 Å². The molecule has 0 saturated heterocycles. The lowest BCUT2D eigenvalue weighted by molar-refractivity contribution is -0.913. The van der Waals surface area contributed by atoms with Crippen molar-refractivity contribution in [1.29, 1.82) is 0 Å². The third-order valence-electron chi connectivity index (χ3n) is 5.52. The van der Waals surface area contributed by atoms with Crippen molar-refractivity contribution in [3.05, 3.63) is 46.5 Å². The number of aromatic hydroxyl groups is 1. The van der Waals surface area contributed by atoms with Crippen LogP contribution < -0.4 is 19.1 Å². The number of fused-ring (bicyclic) bond motifs is 2. The largest absolute Gasteiger partial charge is 0.507 e. The number of methoxy groups -OCH3 is 1. The lowest BCUT2D eigenvalue weighted by Gasteiger charge is -2.32. The number of phenols is 1. The Hall–Kier alpha value is -2.73. The van der Waals surface area contributed by atoms with Gasteiger partial charge in [0, 0.05) is 6.42 Å². The molecule has 2 heterocycles. The van der Waals surface area contributed by atoms with Crippen LogP contribution in [-0.2, 0) is 6.42 Å². The SMILES string of the molecule is COc1c2c(cc3c1[C@H](CC(=O)c1cc(C)ccc1O)[NH+](C)CC3)OCO2. The molecule has 4 rings (SSSR count). The van der Waals surface area contributed by atoms with Crippen LogP contribution in [0.25, 0.3) is 0 Å². The van der Waals surface area contributed by atoms with E-state index in [-0.39, 0.29) is 30.8 Å². The maximum Gasteiger partial charge on any atom is 0.231 e. The Labute approximate surface area is 158 Å². The Bertz CT molecular complexity index is 908. The predicted octanol–water partition coefficient (Wildman–Crippen LogP) is 1.82. The van der Waals surface area contributed by atoms with Crippen molar-refractivity contribution in [3.63, 3.8) is 0 Å². The van der Waals surface area contributed by atoms with Crippen LogP contribution in [0.3, 0.4) is 0 Å². The van der Waals surface area contributed by atoms with Crippen LogP contribution in [0, 0.1) is 6.92 Å². The number of carbonyl (C=O) groups excluding carboxylic acids is 1. The topological polar surface area (TPSA) is 69.4 Å². The molecule has 0 spiro atoms. The average Bonchev–Trinajstić information content (AvgIpc) is 3.12. The van der Waals surface area contributed by atoms with Crippen molar-refractivity contribution < 1.29 is 29.0 Å². The summed E-state index contributed by atoms with van der Waals surface area (Å²) in [5.41, 5.74) is 3.45. The number of ketones is 1. The van der Waals surface area contributed by atoms with E-state index in [0.717, 1.165) is 29.7 Å². The molecule has 1 unspecified atom stereocenters. The van der Waals surface area contributed by atoms with Gasteiger partial charge >= 0.3 is 0 Å². The maximum absolute atomic E-state index is 13.0. The molecule has 0 aromatic heterocycles. The van der Waals surface area contributed by atoms with E-state index in [1.165, 1.54) is 4.90 Å². The van der Waals surface area contributed by atoms with E-state index in [2.05, 4.69) is 7.05 Å². The molecule has 142 valence electrons. The summed E-state index contributed by atoms with van der Waals surface area (Å²) in [5.74, 6) is 1.92. The summed E-state index contributed by atoms with van der Waals surface area (Å²) in [6.45, 7) is 3.00. The van der Waals surface area contributed by atoms with Gasteiger partial charge in [0.25, 0.3) is 0 Å². The summed E-state index contributed by atoms with van der Waals surface area (Å²) >= 11 is 0. The molecule has 0 amide bonds. The van der Waals surface area contributed by atoms with Gasteiger partial charge in [-0.05, 0) is 30.7 Å². The number of phenolic OH excluding ortho intramolecular Hbond substituents is 1. The smallest absolute Gasteiger partial charge is 0.231 e. The van der Waals surface area contributed by atoms with Gasteiger partial charge in [-0.2, -0.15) is 0 Å². The molecular weight excluding hydrogens is 346 g/mol. The number of Topliss-reactive ketones (excluding diaryl/α,β-unsaturated/α-hetero) is 1. The summed E-state index contributed by atoms with van der Waals surface area (Å²) in [6, 6.07) is 7.04. The molecule has 2 N–H and O–H groups in total. The van der Waals surface area contributed by atoms with Crippen LogP contribution in [0.5, 0.6) is 23.0 Å². The molecule has 0 aliphatic carbocycles. The molecule has 2 atom stereocenters. The fourth-order valence-corrected chi connectivity index (χ4v) is 4.07. The standard InChI is InChI=1S/C21H23NO5/c1-12-4-5-16(23)14(8-12)17(24)10-15-19-13(6-7-22(15)2)9-18-20(21(19)25-3)27-11-26-18/h4-5,8-9,15,23H,6-7,10-11H2,1-3H3/p+1/t15-/m0/s1. The number of quaternary nitrogens is 1. The summed E-state index contributed by atoms with van der Waals surface area (Å²) in [7, 11) is 3.70. The molecule has 2 aromatic carbocycles. The highest BCUT2D eigenvalue weighted by atomic mass is 16.7. The van der Waals surface area contributed by atoms with E-state index in [9.17, 15) is 9.90 Å². The van der Waals surface area contributed by atoms with Gasteiger partial charge in [-0.25, -0.2) is 0 Å². The Balaban J connectivity index is 1.74. The van der Waals surface area contributed by atoms with Gasteiger partial charge in [0.1, 0.15) is 11.8 Å². The van der Waals surface area contributed by atoms with Crippen LogP contribution in [0.1, 0.15) is 39.5 Å². The normalized spacial score (nSPS) is 20.3. The Morgan fingerprint density at radius 2 is 2.15 bits per heavy atom. The van der Waals surface area contributed by atoms with Crippen LogP contribution in [0.15, 0.2) is 24.3 Å². The van der Waals surface area contributed by atoms with E-state index in [1.807, 2.05) is 13.0 Å². The van der Waals surface area contributed by atoms with Crippen molar-refractivity contribution in [1.82, 2.24) is 0 Å².